The molecule has 2 rings (SSSR count). The van der Waals surface area contributed by atoms with Crippen LogP contribution in [0.15, 0.2) is 0 Å². The largest absolute Gasteiger partial charge is 0.481 e. The molecule has 19 heavy (non-hydrogen) atoms. The number of aliphatic carboxylic acids is 1. The number of carboxylic acid groups (broad SMARTS) is 1. The summed E-state index contributed by atoms with van der Waals surface area (Å²) in [6.07, 6.45) is 7.79. The molecule has 1 heterocycles. The van der Waals surface area contributed by atoms with E-state index in [2.05, 4.69) is 17.1 Å². The zero-order valence-corrected chi connectivity index (χ0v) is 12.1. The molecule has 0 radical (unpaired) electrons. The Morgan fingerprint density at radius 3 is 2.68 bits per heavy atom. The van der Waals surface area contributed by atoms with Gasteiger partial charge < -0.3 is 10.4 Å². The highest BCUT2D eigenvalue weighted by Gasteiger charge is 2.32. The number of nitrogens with zero attached hydrogens (tertiary/aromatic N) is 1. The number of piperidine rings is 1. The molecule has 1 aliphatic carbocycles. The molecule has 2 aliphatic rings. The Morgan fingerprint density at radius 1 is 1.32 bits per heavy atom. The highest BCUT2D eigenvalue weighted by molar-refractivity contribution is 5.67. The highest BCUT2D eigenvalue weighted by Crippen LogP contribution is 2.29. The number of carbonyl (C=O) groups is 1. The van der Waals surface area contributed by atoms with Crippen LogP contribution in [0, 0.1) is 5.92 Å². The van der Waals surface area contributed by atoms with Crippen LogP contribution in [0.3, 0.4) is 0 Å². The lowest BCUT2D eigenvalue weighted by atomic mass is 9.90. The van der Waals surface area contributed by atoms with E-state index in [1.807, 2.05) is 0 Å². The first-order chi connectivity index (χ1) is 9.19. The number of nitrogens with one attached hydrogen (secondary N) is 1. The number of likely N-dealkylation sites (tertiary alicyclic amines) is 1. The first kappa shape index (κ1) is 14.8. The van der Waals surface area contributed by atoms with E-state index < -0.39 is 5.97 Å². The van der Waals surface area contributed by atoms with Crippen molar-refractivity contribution in [2.75, 3.05) is 19.6 Å². The highest BCUT2D eigenvalue weighted by atomic mass is 16.4. The SMILES string of the molecule is CCCNC1CC(CC(=O)O)CN(C2CCCC2)C1. The molecule has 0 spiro atoms. The lowest BCUT2D eigenvalue weighted by molar-refractivity contribution is -0.138. The zero-order chi connectivity index (χ0) is 13.7. The van der Waals surface area contributed by atoms with Crippen molar-refractivity contribution < 1.29 is 9.90 Å². The predicted molar refractivity (Wildman–Crippen MR) is 76.3 cm³/mol. The Hall–Kier alpha value is -0.610. The molecule has 4 nitrogen and oxygen atoms in total. The van der Waals surface area contributed by atoms with E-state index in [1.54, 1.807) is 0 Å². The summed E-state index contributed by atoms with van der Waals surface area (Å²) in [6.45, 7) is 5.32. The summed E-state index contributed by atoms with van der Waals surface area (Å²) in [6, 6.07) is 1.20. The van der Waals surface area contributed by atoms with Gasteiger partial charge in [0.05, 0.1) is 0 Å². The fourth-order valence-electron chi connectivity index (χ4n) is 3.70. The van der Waals surface area contributed by atoms with Crippen LogP contribution in [0.1, 0.15) is 51.9 Å². The van der Waals surface area contributed by atoms with Gasteiger partial charge in [0, 0.05) is 31.6 Å². The molecule has 1 saturated heterocycles. The van der Waals surface area contributed by atoms with Gasteiger partial charge >= 0.3 is 5.97 Å². The van der Waals surface area contributed by atoms with Crippen LogP contribution in [-0.2, 0) is 4.79 Å². The first-order valence-corrected chi connectivity index (χ1v) is 7.88. The predicted octanol–water partition coefficient (Wildman–Crippen LogP) is 2.09. The lowest BCUT2D eigenvalue weighted by Gasteiger charge is -2.41. The molecule has 0 aromatic carbocycles. The van der Waals surface area contributed by atoms with Crippen LogP contribution in [-0.4, -0.2) is 47.7 Å². The number of carboxylic acids is 1. The maximum absolute atomic E-state index is 11.0. The van der Waals surface area contributed by atoms with Crippen LogP contribution < -0.4 is 5.32 Å². The van der Waals surface area contributed by atoms with E-state index in [9.17, 15) is 4.79 Å². The van der Waals surface area contributed by atoms with Gasteiger partial charge in [-0.1, -0.05) is 19.8 Å². The quantitative estimate of drug-likeness (QED) is 0.774. The third-order valence-electron chi connectivity index (χ3n) is 4.55. The topological polar surface area (TPSA) is 52.6 Å². The van der Waals surface area contributed by atoms with Crippen molar-refractivity contribution in [2.24, 2.45) is 5.92 Å². The number of hydrogen-bond acceptors (Lipinski definition) is 3. The standard InChI is InChI=1S/C15H28N2O2/c1-2-7-16-13-8-12(9-15(18)19)10-17(11-13)14-5-3-4-6-14/h12-14,16H,2-11H2,1H3,(H,18,19). The number of rotatable bonds is 6. The van der Waals surface area contributed by atoms with E-state index in [0.29, 0.717) is 24.4 Å². The minimum absolute atomic E-state index is 0.321. The van der Waals surface area contributed by atoms with E-state index in [-0.39, 0.29) is 0 Å². The van der Waals surface area contributed by atoms with Gasteiger partial charge in [0.2, 0.25) is 0 Å². The molecule has 1 saturated carbocycles. The monoisotopic (exact) mass is 268 g/mol. The average molecular weight is 268 g/mol. The average Bonchev–Trinajstić information content (AvgIpc) is 2.89. The van der Waals surface area contributed by atoms with Crippen LogP contribution in [0.2, 0.25) is 0 Å². The van der Waals surface area contributed by atoms with Crippen LogP contribution in [0.4, 0.5) is 0 Å². The molecule has 2 atom stereocenters. The molecule has 0 aromatic rings. The minimum atomic E-state index is -0.646. The van der Waals surface area contributed by atoms with Crippen molar-refractivity contribution in [2.45, 2.75) is 64.0 Å². The van der Waals surface area contributed by atoms with Crippen molar-refractivity contribution in [3.63, 3.8) is 0 Å². The van der Waals surface area contributed by atoms with E-state index in [0.717, 1.165) is 32.5 Å². The molecular weight excluding hydrogens is 240 g/mol. The summed E-state index contributed by atoms with van der Waals surface area (Å²) in [5.74, 6) is -0.325. The fraction of sp³-hybridized carbons (Fsp3) is 0.933. The Kier molecular flexibility index (Phi) is 5.64. The van der Waals surface area contributed by atoms with E-state index >= 15 is 0 Å². The van der Waals surface area contributed by atoms with Gasteiger partial charge in [0.1, 0.15) is 0 Å². The number of hydrogen-bond donors (Lipinski definition) is 2. The molecule has 2 unspecified atom stereocenters. The van der Waals surface area contributed by atoms with Gasteiger partial charge in [0.15, 0.2) is 0 Å². The molecule has 1 aliphatic heterocycles. The Bertz CT molecular complexity index is 290. The Balaban J connectivity index is 1.92. The zero-order valence-electron chi connectivity index (χ0n) is 12.1. The molecule has 0 bridgehead atoms. The molecule has 2 fully saturated rings. The van der Waals surface area contributed by atoms with Crippen LogP contribution >= 0.6 is 0 Å². The summed E-state index contributed by atoms with van der Waals surface area (Å²) in [5.41, 5.74) is 0. The molecular formula is C15H28N2O2. The van der Waals surface area contributed by atoms with Crippen LogP contribution in [0.5, 0.6) is 0 Å². The third kappa shape index (κ3) is 4.46. The molecule has 110 valence electrons. The minimum Gasteiger partial charge on any atom is -0.481 e. The fourth-order valence-corrected chi connectivity index (χ4v) is 3.70. The lowest BCUT2D eigenvalue weighted by Crippen LogP contribution is -2.52. The normalized spacial score (nSPS) is 29.7. The van der Waals surface area contributed by atoms with Crippen molar-refractivity contribution >= 4 is 5.97 Å². The van der Waals surface area contributed by atoms with Crippen LogP contribution in [0.25, 0.3) is 0 Å². The van der Waals surface area contributed by atoms with Crippen molar-refractivity contribution in [3.8, 4) is 0 Å². The Morgan fingerprint density at radius 2 is 2.05 bits per heavy atom. The summed E-state index contributed by atoms with van der Waals surface area (Å²) < 4.78 is 0. The Labute approximate surface area is 116 Å². The second-order valence-corrected chi connectivity index (χ2v) is 6.24. The maximum atomic E-state index is 11.0. The van der Waals surface area contributed by atoms with Gasteiger partial charge in [-0.05, 0) is 38.1 Å². The summed E-state index contributed by atoms with van der Waals surface area (Å²) in [5, 5.41) is 12.6. The van der Waals surface area contributed by atoms with Gasteiger partial charge in [-0.25, -0.2) is 0 Å². The second-order valence-electron chi connectivity index (χ2n) is 6.24. The summed E-state index contributed by atoms with van der Waals surface area (Å²) >= 11 is 0. The van der Waals surface area contributed by atoms with Gasteiger partial charge in [0.25, 0.3) is 0 Å². The molecule has 0 amide bonds. The molecule has 4 heteroatoms. The van der Waals surface area contributed by atoms with Crippen molar-refractivity contribution in [1.82, 2.24) is 10.2 Å². The smallest absolute Gasteiger partial charge is 0.303 e. The van der Waals surface area contributed by atoms with Gasteiger partial charge in [-0.3, -0.25) is 9.69 Å². The van der Waals surface area contributed by atoms with Gasteiger partial charge in [-0.2, -0.15) is 0 Å². The first-order valence-electron chi connectivity index (χ1n) is 7.88. The second kappa shape index (κ2) is 7.25. The van der Waals surface area contributed by atoms with E-state index in [4.69, 9.17) is 5.11 Å². The van der Waals surface area contributed by atoms with Crippen molar-refractivity contribution in [1.29, 1.82) is 0 Å². The molecule has 0 aromatic heterocycles. The third-order valence-corrected chi connectivity index (χ3v) is 4.55. The summed E-state index contributed by atoms with van der Waals surface area (Å²) in [7, 11) is 0. The molecule has 2 N–H and O–H groups in total. The summed E-state index contributed by atoms with van der Waals surface area (Å²) in [4.78, 5) is 13.5. The van der Waals surface area contributed by atoms with Crippen molar-refractivity contribution in [3.05, 3.63) is 0 Å². The maximum Gasteiger partial charge on any atom is 0.303 e. The van der Waals surface area contributed by atoms with E-state index in [1.165, 1.54) is 25.7 Å². The van der Waals surface area contributed by atoms with Gasteiger partial charge in [-0.15, -0.1) is 0 Å².